The van der Waals surface area contributed by atoms with Gasteiger partial charge >= 0.3 is 7.60 Å². The van der Waals surface area contributed by atoms with Crippen LogP contribution in [0.2, 0.25) is 5.02 Å². The number of hydrogen-bond acceptors (Lipinski definition) is 3. The van der Waals surface area contributed by atoms with E-state index in [1.54, 1.807) is 12.1 Å². The van der Waals surface area contributed by atoms with Gasteiger partial charge in [0.15, 0.2) is 0 Å². The summed E-state index contributed by atoms with van der Waals surface area (Å²) in [6.07, 6.45) is 0.693. The fourth-order valence-electron chi connectivity index (χ4n) is 1.90. The number of hydrogen-bond donors (Lipinski definition) is 0. The lowest BCUT2D eigenvalue weighted by molar-refractivity contribution is 0.211. The second-order valence-electron chi connectivity index (χ2n) is 3.85. The molecule has 0 aromatic heterocycles. The summed E-state index contributed by atoms with van der Waals surface area (Å²) in [5, 5.41) is 0.663. The van der Waals surface area contributed by atoms with Gasteiger partial charge in [0.05, 0.1) is 18.9 Å². The molecule has 0 aliphatic carbocycles. The summed E-state index contributed by atoms with van der Waals surface area (Å²) >= 11 is 5.86. The van der Waals surface area contributed by atoms with Gasteiger partial charge in [-0.3, -0.25) is 4.57 Å². The van der Waals surface area contributed by atoms with E-state index in [2.05, 4.69) is 0 Å². The van der Waals surface area contributed by atoms with E-state index >= 15 is 0 Å². The Morgan fingerprint density at radius 2 is 1.61 bits per heavy atom. The van der Waals surface area contributed by atoms with Gasteiger partial charge in [-0.15, -0.1) is 0 Å². The van der Waals surface area contributed by atoms with Gasteiger partial charge in [0.25, 0.3) is 0 Å². The summed E-state index contributed by atoms with van der Waals surface area (Å²) in [6.45, 7) is 6.37. The highest BCUT2D eigenvalue weighted by atomic mass is 35.5. The summed E-state index contributed by atoms with van der Waals surface area (Å²) in [6, 6.07) is 7.34. The molecule has 3 nitrogen and oxygen atoms in total. The van der Waals surface area contributed by atoms with Crippen LogP contribution in [0, 0.1) is 0 Å². The zero-order chi connectivity index (χ0) is 13.6. The summed E-state index contributed by atoms with van der Waals surface area (Å²) in [4.78, 5) is 0. The first-order valence-corrected chi connectivity index (χ1v) is 8.20. The summed E-state index contributed by atoms with van der Waals surface area (Å²) in [5.74, 6) is 0. The molecule has 1 rings (SSSR count). The minimum absolute atomic E-state index is 0.241. The minimum Gasteiger partial charge on any atom is -0.308 e. The van der Waals surface area contributed by atoms with E-state index in [-0.39, 0.29) is 5.66 Å². The molecule has 1 aromatic rings. The van der Waals surface area contributed by atoms with Gasteiger partial charge < -0.3 is 9.05 Å². The quantitative estimate of drug-likeness (QED) is 0.659. The Bertz CT molecular complexity index is 395. The van der Waals surface area contributed by atoms with E-state index in [0.717, 1.165) is 5.56 Å². The molecule has 102 valence electrons. The summed E-state index contributed by atoms with van der Waals surface area (Å²) in [7, 11) is -3.11. The van der Waals surface area contributed by atoms with E-state index in [1.165, 1.54) is 0 Å². The molecule has 0 bridgehead atoms. The molecule has 0 aliphatic rings. The van der Waals surface area contributed by atoms with E-state index in [1.807, 2.05) is 32.9 Å². The smallest absolute Gasteiger partial charge is 0.308 e. The van der Waals surface area contributed by atoms with Crippen LogP contribution in [0.25, 0.3) is 0 Å². The van der Waals surface area contributed by atoms with Crippen molar-refractivity contribution in [2.75, 3.05) is 13.2 Å². The van der Waals surface area contributed by atoms with Crippen molar-refractivity contribution in [3.05, 3.63) is 34.9 Å². The SMILES string of the molecule is CCOP(=O)(OCC)[C@@H](CC)c1ccc(Cl)cc1. The standard InChI is InChI=1S/C13H20ClO3P/c1-4-13(11-7-9-12(14)10-8-11)18(15,16-5-2)17-6-3/h7-10,13H,4-6H2,1-3H3/t13-/m0/s1. The predicted octanol–water partition coefficient (Wildman–Crippen LogP) is 5.06. The van der Waals surface area contributed by atoms with Crippen LogP contribution in [0.1, 0.15) is 38.4 Å². The van der Waals surface area contributed by atoms with Gasteiger partial charge in [-0.05, 0) is 38.0 Å². The van der Waals surface area contributed by atoms with Gasteiger partial charge in [-0.25, -0.2) is 0 Å². The lowest BCUT2D eigenvalue weighted by Crippen LogP contribution is -2.06. The fraction of sp³-hybridized carbons (Fsp3) is 0.538. The third-order valence-electron chi connectivity index (χ3n) is 2.64. The fourth-order valence-corrected chi connectivity index (χ4v) is 4.17. The second kappa shape index (κ2) is 7.30. The normalized spacial score (nSPS) is 13.6. The number of rotatable bonds is 7. The Morgan fingerprint density at radius 3 is 2.00 bits per heavy atom. The Kier molecular flexibility index (Phi) is 6.37. The maximum absolute atomic E-state index is 12.8. The van der Waals surface area contributed by atoms with Crippen molar-refractivity contribution in [3.8, 4) is 0 Å². The lowest BCUT2D eigenvalue weighted by atomic mass is 10.1. The number of halogens is 1. The average Bonchev–Trinajstić information content (AvgIpc) is 2.33. The van der Waals surface area contributed by atoms with Gasteiger partial charge in [0.2, 0.25) is 0 Å². The number of benzene rings is 1. The molecule has 0 heterocycles. The highest BCUT2D eigenvalue weighted by molar-refractivity contribution is 7.54. The summed E-state index contributed by atoms with van der Waals surface area (Å²) < 4.78 is 23.6. The Morgan fingerprint density at radius 1 is 1.11 bits per heavy atom. The van der Waals surface area contributed by atoms with E-state index < -0.39 is 7.60 Å². The zero-order valence-corrected chi connectivity index (χ0v) is 12.7. The Labute approximate surface area is 114 Å². The van der Waals surface area contributed by atoms with Gasteiger partial charge in [-0.1, -0.05) is 30.7 Å². The molecule has 0 unspecified atom stereocenters. The highest BCUT2D eigenvalue weighted by Gasteiger charge is 2.35. The highest BCUT2D eigenvalue weighted by Crippen LogP contribution is 2.62. The van der Waals surface area contributed by atoms with Crippen molar-refractivity contribution in [2.45, 2.75) is 32.9 Å². The molecular weight excluding hydrogens is 271 g/mol. The third-order valence-corrected chi connectivity index (χ3v) is 5.56. The molecule has 0 radical (unpaired) electrons. The van der Waals surface area contributed by atoms with Gasteiger partial charge in [0, 0.05) is 5.02 Å². The zero-order valence-electron chi connectivity index (χ0n) is 11.1. The molecular formula is C13H20ClO3P. The minimum atomic E-state index is -3.11. The molecule has 0 aliphatic heterocycles. The Hall–Kier alpha value is -0.340. The van der Waals surface area contributed by atoms with Crippen molar-refractivity contribution in [1.82, 2.24) is 0 Å². The monoisotopic (exact) mass is 290 g/mol. The second-order valence-corrected chi connectivity index (χ2v) is 6.51. The van der Waals surface area contributed by atoms with Crippen LogP contribution < -0.4 is 0 Å². The maximum Gasteiger partial charge on any atom is 0.338 e. The molecule has 5 heteroatoms. The Balaban J connectivity index is 3.05. The van der Waals surface area contributed by atoms with Crippen molar-refractivity contribution in [3.63, 3.8) is 0 Å². The lowest BCUT2D eigenvalue weighted by Gasteiger charge is -2.25. The first-order valence-electron chi connectivity index (χ1n) is 6.21. The molecule has 1 atom stereocenters. The van der Waals surface area contributed by atoms with E-state index in [4.69, 9.17) is 20.6 Å². The molecule has 0 amide bonds. The van der Waals surface area contributed by atoms with Crippen LogP contribution in [0.4, 0.5) is 0 Å². The van der Waals surface area contributed by atoms with Crippen LogP contribution in [0.5, 0.6) is 0 Å². The van der Waals surface area contributed by atoms with Crippen LogP contribution in [0.3, 0.4) is 0 Å². The van der Waals surface area contributed by atoms with Crippen molar-refractivity contribution >= 4 is 19.2 Å². The molecule has 0 fully saturated rings. The van der Waals surface area contributed by atoms with Gasteiger partial charge in [0.1, 0.15) is 0 Å². The largest absolute Gasteiger partial charge is 0.338 e. The first kappa shape index (κ1) is 15.7. The van der Waals surface area contributed by atoms with Crippen molar-refractivity contribution < 1.29 is 13.6 Å². The van der Waals surface area contributed by atoms with Gasteiger partial charge in [-0.2, -0.15) is 0 Å². The van der Waals surface area contributed by atoms with Crippen molar-refractivity contribution in [1.29, 1.82) is 0 Å². The summed E-state index contributed by atoms with van der Waals surface area (Å²) in [5.41, 5.74) is 0.696. The average molecular weight is 291 g/mol. The molecule has 1 aromatic carbocycles. The molecule has 0 spiro atoms. The van der Waals surface area contributed by atoms with Crippen LogP contribution in [0.15, 0.2) is 24.3 Å². The van der Waals surface area contributed by atoms with Crippen LogP contribution in [-0.4, -0.2) is 13.2 Å². The van der Waals surface area contributed by atoms with E-state index in [9.17, 15) is 4.57 Å². The molecule has 18 heavy (non-hydrogen) atoms. The molecule has 0 saturated heterocycles. The third kappa shape index (κ3) is 3.83. The van der Waals surface area contributed by atoms with E-state index in [0.29, 0.717) is 24.7 Å². The topological polar surface area (TPSA) is 35.5 Å². The molecule has 0 N–H and O–H groups in total. The molecule has 0 saturated carbocycles. The predicted molar refractivity (Wildman–Crippen MR) is 75.3 cm³/mol. The van der Waals surface area contributed by atoms with Crippen LogP contribution >= 0.6 is 19.2 Å². The van der Waals surface area contributed by atoms with Crippen molar-refractivity contribution in [2.24, 2.45) is 0 Å². The van der Waals surface area contributed by atoms with Crippen LogP contribution in [-0.2, 0) is 13.6 Å². The maximum atomic E-state index is 12.8. The first-order chi connectivity index (χ1) is 8.57.